The largest absolute Gasteiger partial charge is 0.369 e. The van der Waals surface area contributed by atoms with Crippen molar-refractivity contribution in [2.75, 3.05) is 0 Å². The van der Waals surface area contributed by atoms with E-state index in [0.717, 1.165) is 19.3 Å². The van der Waals surface area contributed by atoms with Crippen molar-refractivity contribution in [3.63, 3.8) is 0 Å². The summed E-state index contributed by atoms with van der Waals surface area (Å²) in [5.41, 5.74) is 6.53. The Kier molecular flexibility index (Phi) is 6.81. The molecule has 14 heavy (non-hydrogen) atoms. The van der Waals surface area contributed by atoms with Gasteiger partial charge >= 0.3 is 0 Å². The van der Waals surface area contributed by atoms with Crippen molar-refractivity contribution >= 4 is 5.91 Å². The van der Waals surface area contributed by atoms with Gasteiger partial charge in [0.1, 0.15) is 0 Å². The lowest BCUT2D eigenvalue weighted by molar-refractivity contribution is -0.120. The highest BCUT2D eigenvalue weighted by Gasteiger charge is 2.17. The number of carbonyl (C=O) groups is 1. The van der Waals surface area contributed by atoms with Crippen molar-refractivity contribution in [3.8, 4) is 0 Å². The lowest BCUT2D eigenvalue weighted by Crippen LogP contribution is -2.24. The Morgan fingerprint density at radius 2 is 2.14 bits per heavy atom. The Morgan fingerprint density at radius 3 is 2.50 bits per heavy atom. The molecule has 0 aliphatic carbocycles. The van der Waals surface area contributed by atoms with Gasteiger partial charge in [0.05, 0.1) is 5.92 Å². The molecule has 0 rings (SSSR count). The van der Waals surface area contributed by atoms with E-state index in [9.17, 15) is 4.79 Å². The summed E-state index contributed by atoms with van der Waals surface area (Å²) in [6, 6.07) is 0. The van der Waals surface area contributed by atoms with Gasteiger partial charge in [-0.2, -0.15) is 0 Å². The molecule has 0 saturated heterocycles. The molecular weight excluding hydrogens is 174 g/mol. The summed E-state index contributed by atoms with van der Waals surface area (Å²) in [6.45, 7) is 7.83. The third-order valence-corrected chi connectivity index (χ3v) is 2.20. The highest BCUT2D eigenvalue weighted by atomic mass is 16.1. The first kappa shape index (κ1) is 12.9. The minimum absolute atomic E-state index is 0.146. The van der Waals surface area contributed by atoms with Crippen LogP contribution in [0.5, 0.6) is 0 Å². The fraction of sp³-hybridized carbons (Fsp3) is 0.583. The Morgan fingerprint density at radius 1 is 1.50 bits per heavy atom. The molecule has 0 radical (unpaired) electrons. The van der Waals surface area contributed by atoms with E-state index in [1.54, 1.807) is 6.08 Å². The summed E-state index contributed by atoms with van der Waals surface area (Å²) in [6.07, 6.45) is 7.48. The van der Waals surface area contributed by atoms with Crippen molar-refractivity contribution < 1.29 is 4.79 Å². The third-order valence-electron chi connectivity index (χ3n) is 2.20. The fourth-order valence-corrected chi connectivity index (χ4v) is 1.59. The molecule has 1 amide bonds. The molecule has 0 aliphatic heterocycles. The van der Waals surface area contributed by atoms with Gasteiger partial charge in [-0.3, -0.25) is 4.79 Å². The molecule has 1 atom stereocenters. The number of primary amides is 1. The van der Waals surface area contributed by atoms with Crippen molar-refractivity contribution in [2.24, 2.45) is 11.7 Å². The van der Waals surface area contributed by atoms with Gasteiger partial charge in [-0.15, -0.1) is 6.58 Å². The average molecular weight is 195 g/mol. The topological polar surface area (TPSA) is 43.1 Å². The minimum Gasteiger partial charge on any atom is -0.369 e. The van der Waals surface area contributed by atoms with E-state index < -0.39 is 0 Å². The zero-order valence-corrected chi connectivity index (χ0v) is 9.25. The fourth-order valence-electron chi connectivity index (χ4n) is 1.59. The lowest BCUT2D eigenvalue weighted by atomic mass is 9.91. The molecule has 80 valence electrons. The number of nitrogens with two attached hydrogens (primary N) is 1. The number of hydrogen-bond acceptors (Lipinski definition) is 1. The normalized spacial score (nSPS) is 13.7. The molecule has 2 heteroatoms. The molecule has 0 saturated carbocycles. The van der Waals surface area contributed by atoms with E-state index >= 15 is 0 Å². The number of carbonyl (C=O) groups excluding carboxylic acids is 1. The second-order valence-electron chi connectivity index (χ2n) is 3.42. The maximum atomic E-state index is 11.2. The molecule has 1 unspecified atom stereocenters. The van der Waals surface area contributed by atoms with Crippen molar-refractivity contribution in [3.05, 3.63) is 24.3 Å². The highest BCUT2D eigenvalue weighted by Crippen LogP contribution is 2.21. The molecule has 0 spiro atoms. The highest BCUT2D eigenvalue weighted by molar-refractivity contribution is 5.79. The van der Waals surface area contributed by atoms with Gasteiger partial charge in [-0.05, 0) is 19.3 Å². The summed E-state index contributed by atoms with van der Waals surface area (Å²) < 4.78 is 0. The molecule has 0 aliphatic rings. The smallest absolute Gasteiger partial charge is 0.224 e. The van der Waals surface area contributed by atoms with Gasteiger partial charge in [0.15, 0.2) is 0 Å². The van der Waals surface area contributed by atoms with Crippen molar-refractivity contribution in [2.45, 2.75) is 39.5 Å². The molecule has 2 N–H and O–H groups in total. The molecule has 0 fully saturated rings. The van der Waals surface area contributed by atoms with Crippen molar-refractivity contribution in [1.29, 1.82) is 0 Å². The van der Waals surface area contributed by atoms with Crippen LogP contribution in [0.4, 0.5) is 0 Å². The van der Waals surface area contributed by atoms with Crippen LogP contribution in [0.15, 0.2) is 24.3 Å². The maximum absolute atomic E-state index is 11.2. The molecule has 0 aromatic rings. The third kappa shape index (κ3) is 4.26. The van der Waals surface area contributed by atoms with E-state index in [4.69, 9.17) is 5.73 Å². The number of allylic oxidation sites excluding steroid dienone is 2. The van der Waals surface area contributed by atoms with Crippen LogP contribution in [0.2, 0.25) is 0 Å². The SMILES string of the molecule is C=CCC(C(N)=O)/C(=C/CC)CCC. The van der Waals surface area contributed by atoms with Gasteiger partial charge in [0, 0.05) is 0 Å². The van der Waals surface area contributed by atoms with Crippen LogP contribution in [-0.2, 0) is 4.79 Å². The summed E-state index contributed by atoms with van der Waals surface area (Å²) >= 11 is 0. The Bertz CT molecular complexity index is 218. The van der Waals surface area contributed by atoms with Crippen LogP contribution in [0.3, 0.4) is 0 Å². The van der Waals surface area contributed by atoms with Gasteiger partial charge < -0.3 is 5.73 Å². The average Bonchev–Trinajstić information content (AvgIpc) is 2.13. The van der Waals surface area contributed by atoms with E-state index in [1.165, 1.54) is 5.57 Å². The molecule has 0 bridgehead atoms. The van der Waals surface area contributed by atoms with Crippen LogP contribution >= 0.6 is 0 Å². The predicted molar refractivity (Wildman–Crippen MR) is 60.8 cm³/mol. The van der Waals surface area contributed by atoms with Crippen LogP contribution in [-0.4, -0.2) is 5.91 Å². The second-order valence-corrected chi connectivity index (χ2v) is 3.42. The zero-order valence-electron chi connectivity index (χ0n) is 9.25. The number of hydrogen-bond donors (Lipinski definition) is 1. The first-order chi connectivity index (χ1) is 6.67. The standard InChI is InChI=1S/C12H21NO/c1-4-7-10(8-5-2)11(9-6-3)12(13)14/h6-7,11H,3-5,8-9H2,1-2H3,(H2,13,14)/b10-7+. The molecule has 0 aromatic heterocycles. The predicted octanol–water partition coefficient (Wildman–Crippen LogP) is 2.80. The molecule has 2 nitrogen and oxygen atoms in total. The van der Waals surface area contributed by atoms with E-state index in [2.05, 4.69) is 26.5 Å². The first-order valence-corrected chi connectivity index (χ1v) is 5.26. The van der Waals surface area contributed by atoms with Crippen LogP contribution in [0, 0.1) is 5.92 Å². The minimum atomic E-state index is -0.238. The van der Waals surface area contributed by atoms with Crippen LogP contribution in [0.25, 0.3) is 0 Å². The number of rotatable bonds is 7. The summed E-state index contributed by atoms with van der Waals surface area (Å²) in [5, 5.41) is 0. The Balaban J connectivity index is 4.62. The van der Waals surface area contributed by atoms with Crippen LogP contribution < -0.4 is 5.73 Å². The van der Waals surface area contributed by atoms with E-state index in [0.29, 0.717) is 6.42 Å². The molecular formula is C12H21NO. The number of amides is 1. The first-order valence-electron chi connectivity index (χ1n) is 5.26. The van der Waals surface area contributed by atoms with Gasteiger partial charge in [-0.1, -0.05) is 38.0 Å². The molecule has 0 heterocycles. The van der Waals surface area contributed by atoms with Gasteiger partial charge in [0.2, 0.25) is 5.91 Å². The van der Waals surface area contributed by atoms with E-state index in [-0.39, 0.29) is 11.8 Å². The van der Waals surface area contributed by atoms with Gasteiger partial charge in [0.25, 0.3) is 0 Å². The maximum Gasteiger partial charge on any atom is 0.224 e. The summed E-state index contributed by atoms with van der Waals surface area (Å²) in [4.78, 5) is 11.2. The second kappa shape index (κ2) is 7.36. The lowest BCUT2D eigenvalue weighted by Gasteiger charge is -2.15. The zero-order chi connectivity index (χ0) is 11.0. The van der Waals surface area contributed by atoms with Gasteiger partial charge in [-0.25, -0.2) is 0 Å². The van der Waals surface area contributed by atoms with Crippen LogP contribution in [0.1, 0.15) is 39.5 Å². The van der Waals surface area contributed by atoms with E-state index in [1.807, 2.05) is 0 Å². The summed E-state index contributed by atoms with van der Waals surface area (Å²) in [5.74, 6) is -0.384. The quantitative estimate of drug-likeness (QED) is 0.624. The Labute approximate surface area is 86.9 Å². The Hall–Kier alpha value is -1.05. The van der Waals surface area contributed by atoms with Crippen molar-refractivity contribution in [1.82, 2.24) is 0 Å². The monoisotopic (exact) mass is 195 g/mol. The molecule has 0 aromatic carbocycles. The summed E-state index contributed by atoms with van der Waals surface area (Å²) in [7, 11) is 0.